The van der Waals surface area contributed by atoms with Crippen LogP contribution in [0.5, 0.6) is 0 Å². The van der Waals surface area contributed by atoms with E-state index >= 15 is 0 Å². The molecule has 1 rings (SSSR count). The molecule has 0 bridgehead atoms. The maximum absolute atomic E-state index is 8.57. The van der Waals surface area contributed by atoms with Gasteiger partial charge in [-0.2, -0.15) is 0 Å². The highest BCUT2D eigenvalue weighted by Crippen LogP contribution is 2.12. The standard InChI is InChI=1S/C10H21N3O2/c1-2-9(10(11)13-14)12-6-8-4-3-5-15-7-8/h8-9,12,14H,2-7H2,1H3,(H2,11,13). The normalized spacial score (nSPS) is 25.1. The first-order valence-corrected chi connectivity index (χ1v) is 5.56. The molecule has 1 aliphatic heterocycles. The van der Waals surface area contributed by atoms with E-state index in [9.17, 15) is 0 Å². The first-order valence-electron chi connectivity index (χ1n) is 5.56. The van der Waals surface area contributed by atoms with E-state index in [4.69, 9.17) is 15.7 Å². The summed E-state index contributed by atoms with van der Waals surface area (Å²) in [6, 6.07) is -0.0306. The van der Waals surface area contributed by atoms with Crippen LogP contribution in [0.4, 0.5) is 0 Å². The summed E-state index contributed by atoms with van der Waals surface area (Å²) in [6.45, 7) is 4.58. The van der Waals surface area contributed by atoms with E-state index < -0.39 is 0 Å². The third-order valence-electron chi connectivity index (χ3n) is 2.79. The zero-order valence-corrected chi connectivity index (χ0v) is 9.28. The lowest BCUT2D eigenvalue weighted by Gasteiger charge is -2.24. The third-order valence-corrected chi connectivity index (χ3v) is 2.79. The molecule has 5 heteroatoms. The summed E-state index contributed by atoms with van der Waals surface area (Å²) in [5.74, 6) is 0.813. The molecule has 0 saturated carbocycles. The van der Waals surface area contributed by atoms with Gasteiger partial charge in [-0.1, -0.05) is 12.1 Å². The van der Waals surface area contributed by atoms with E-state index in [1.165, 1.54) is 6.42 Å². The average molecular weight is 215 g/mol. The molecule has 0 amide bonds. The lowest BCUT2D eigenvalue weighted by molar-refractivity contribution is 0.0544. The predicted molar refractivity (Wildman–Crippen MR) is 59.0 cm³/mol. The number of nitrogens with one attached hydrogen (secondary N) is 1. The van der Waals surface area contributed by atoms with Crippen molar-refractivity contribution in [3.05, 3.63) is 0 Å². The Morgan fingerprint density at radius 2 is 2.53 bits per heavy atom. The number of hydrogen-bond donors (Lipinski definition) is 3. The summed E-state index contributed by atoms with van der Waals surface area (Å²) in [7, 11) is 0. The fourth-order valence-electron chi connectivity index (χ4n) is 1.81. The Balaban J connectivity index is 2.26. The molecule has 0 aromatic heterocycles. The van der Waals surface area contributed by atoms with Crippen LogP contribution in [-0.2, 0) is 4.74 Å². The van der Waals surface area contributed by atoms with Crippen LogP contribution < -0.4 is 11.1 Å². The minimum Gasteiger partial charge on any atom is -0.409 e. The Morgan fingerprint density at radius 1 is 1.73 bits per heavy atom. The quantitative estimate of drug-likeness (QED) is 0.270. The molecule has 1 aliphatic rings. The van der Waals surface area contributed by atoms with E-state index in [2.05, 4.69) is 10.5 Å². The second-order valence-corrected chi connectivity index (χ2v) is 3.98. The molecule has 15 heavy (non-hydrogen) atoms. The highest BCUT2D eigenvalue weighted by atomic mass is 16.5. The summed E-state index contributed by atoms with van der Waals surface area (Å²) in [5.41, 5.74) is 5.55. The first-order chi connectivity index (χ1) is 7.27. The molecule has 88 valence electrons. The molecular weight excluding hydrogens is 194 g/mol. The molecule has 2 unspecified atom stereocenters. The Hall–Kier alpha value is -0.810. The number of ether oxygens (including phenoxy) is 1. The number of nitrogens with zero attached hydrogens (tertiary/aromatic N) is 1. The second-order valence-electron chi connectivity index (χ2n) is 3.98. The molecule has 0 radical (unpaired) electrons. The SMILES string of the molecule is CCC(NCC1CCCOC1)C(N)=NO. The van der Waals surface area contributed by atoms with E-state index in [1.54, 1.807) is 0 Å². The van der Waals surface area contributed by atoms with Crippen molar-refractivity contribution in [1.29, 1.82) is 0 Å². The number of nitrogens with two attached hydrogens (primary N) is 1. The predicted octanol–water partition coefficient (Wildman–Crippen LogP) is 0.528. The Kier molecular flexibility index (Phi) is 5.42. The van der Waals surface area contributed by atoms with Crippen molar-refractivity contribution < 1.29 is 9.94 Å². The van der Waals surface area contributed by atoms with Crippen LogP contribution in [0.2, 0.25) is 0 Å². The number of amidine groups is 1. The van der Waals surface area contributed by atoms with Gasteiger partial charge in [0.1, 0.15) is 0 Å². The monoisotopic (exact) mass is 215 g/mol. The van der Waals surface area contributed by atoms with Gasteiger partial charge < -0.3 is 21.0 Å². The van der Waals surface area contributed by atoms with Crippen molar-refractivity contribution in [3.8, 4) is 0 Å². The zero-order chi connectivity index (χ0) is 11.1. The Labute approximate surface area is 90.7 Å². The van der Waals surface area contributed by atoms with Crippen LogP contribution in [0, 0.1) is 5.92 Å². The van der Waals surface area contributed by atoms with Gasteiger partial charge in [0.25, 0.3) is 0 Å². The van der Waals surface area contributed by atoms with Crippen LogP contribution >= 0.6 is 0 Å². The van der Waals surface area contributed by atoms with E-state index in [0.29, 0.717) is 5.92 Å². The molecule has 5 nitrogen and oxygen atoms in total. The fourth-order valence-corrected chi connectivity index (χ4v) is 1.81. The van der Waals surface area contributed by atoms with Crippen LogP contribution in [0.25, 0.3) is 0 Å². The minimum absolute atomic E-state index is 0.0306. The number of rotatable bonds is 5. The van der Waals surface area contributed by atoms with Crippen LogP contribution in [-0.4, -0.2) is 36.8 Å². The van der Waals surface area contributed by atoms with Gasteiger partial charge in [-0.15, -0.1) is 0 Å². The van der Waals surface area contributed by atoms with Gasteiger partial charge in [-0.05, 0) is 25.2 Å². The summed E-state index contributed by atoms with van der Waals surface area (Å²) in [5, 5.41) is 14.9. The lowest BCUT2D eigenvalue weighted by atomic mass is 10.0. The smallest absolute Gasteiger partial charge is 0.156 e. The maximum atomic E-state index is 8.57. The van der Waals surface area contributed by atoms with Crippen LogP contribution in [0.15, 0.2) is 5.16 Å². The lowest BCUT2D eigenvalue weighted by Crippen LogP contribution is -2.44. The van der Waals surface area contributed by atoms with Crippen molar-refractivity contribution in [2.24, 2.45) is 16.8 Å². The third kappa shape index (κ3) is 4.05. The fraction of sp³-hybridized carbons (Fsp3) is 0.900. The molecule has 0 spiro atoms. The summed E-state index contributed by atoms with van der Waals surface area (Å²) >= 11 is 0. The van der Waals surface area contributed by atoms with Gasteiger partial charge >= 0.3 is 0 Å². The van der Waals surface area contributed by atoms with Gasteiger partial charge in [0.15, 0.2) is 5.84 Å². The van der Waals surface area contributed by atoms with E-state index in [1.807, 2.05) is 6.92 Å². The van der Waals surface area contributed by atoms with Crippen molar-refractivity contribution in [2.45, 2.75) is 32.2 Å². The number of hydrogen-bond acceptors (Lipinski definition) is 4. The van der Waals surface area contributed by atoms with Crippen molar-refractivity contribution in [3.63, 3.8) is 0 Å². The largest absolute Gasteiger partial charge is 0.409 e. The van der Waals surface area contributed by atoms with E-state index in [0.717, 1.165) is 32.6 Å². The Morgan fingerprint density at radius 3 is 3.07 bits per heavy atom. The van der Waals surface area contributed by atoms with Crippen LogP contribution in [0.1, 0.15) is 26.2 Å². The summed E-state index contributed by atoms with van der Waals surface area (Å²) < 4.78 is 5.38. The van der Waals surface area contributed by atoms with E-state index in [-0.39, 0.29) is 11.9 Å². The van der Waals surface area contributed by atoms with Crippen molar-refractivity contribution in [2.75, 3.05) is 19.8 Å². The zero-order valence-electron chi connectivity index (χ0n) is 9.28. The second kappa shape index (κ2) is 6.63. The van der Waals surface area contributed by atoms with Crippen molar-refractivity contribution in [1.82, 2.24) is 5.32 Å². The number of oxime groups is 1. The highest BCUT2D eigenvalue weighted by Gasteiger charge is 2.17. The molecule has 2 atom stereocenters. The van der Waals surface area contributed by atoms with Crippen LogP contribution in [0.3, 0.4) is 0 Å². The van der Waals surface area contributed by atoms with Gasteiger partial charge in [-0.25, -0.2) is 0 Å². The molecule has 4 N–H and O–H groups in total. The molecule has 1 fully saturated rings. The Bertz CT molecular complexity index is 203. The summed E-state index contributed by atoms with van der Waals surface area (Å²) in [6.07, 6.45) is 3.15. The summed E-state index contributed by atoms with van der Waals surface area (Å²) in [4.78, 5) is 0. The molecule has 1 saturated heterocycles. The van der Waals surface area contributed by atoms with Crippen molar-refractivity contribution >= 4 is 5.84 Å². The topological polar surface area (TPSA) is 79.9 Å². The molecule has 0 aliphatic carbocycles. The molecular formula is C10H21N3O2. The molecule has 0 aromatic carbocycles. The first kappa shape index (κ1) is 12.3. The van der Waals surface area contributed by atoms with Gasteiger partial charge in [0, 0.05) is 13.2 Å². The molecule has 1 heterocycles. The average Bonchev–Trinajstić information content (AvgIpc) is 2.31. The van der Waals surface area contributed by atoms with Gasteiger partial charge in [-0.3, -0.25) is 0 Å². The maximum Gasteiger partial charge on any atom is 0.156 e. The van der Waals surface area contributed by atoms with Gasteiger partial charge in [0.05, 0.1) is 12.6 Å². The highest BCUT2D eigenvalue weighted by molar-refractivity contribution is 5.85. The van der Waals surface area contributed by atoms with Gasteiger partial charge in [0.2, 0.25) is 0 Å². The minimum atomic E-state index is -0.0306. The molecule has 0 aromatic rings.